The summed E-state index contributed by atoms with van der Waals surface area (Å²) in [5.41, 5.74) is 1.78. The molecular formula is C25H27ClF2N4O2. The standard InChI is InChI=1S/C25H27ClF2N4O2/c1-16-5-3-4-10-32(16)11-12-34-23-9-7-18(14-19(23)24-20(26)15-29-31(24)2)30-25(33)17-6-8-21(27)22(28)13-17/h6-9,13-16H,3-5,10-12H2,1-2H3,(H,30,33). The van der Waals surface area contributed by atoms with E-state index in [1.54, 1.807) is 36.1 Å². The van der Waals surface area contributed by atoms with Crippen molar-refractivity contribution >= 4 is 23.2 Å². The van der Waals surface area contributed by atoms with E-state index in [9.17, 15) is 13.6 Å². The highest BCUT2D eigenvalue weighted by molar-refractivity contribution is 6.33. The molecule has 1 fully saturated rings. The van der Waals surface area contributed by atoms with Gasteiger partial charge in [0.25, 0.3) is 5.91 Å². The number of amides is 1. The van der Waals surface area contributed by atoms with E-state index < -0.39 is 17.5 Å². The fourth-order valence-electron chi connectivity index (χ4n) is 4.24. The molecule has 1 aliphatic heterocycles. The Labute approximate surface area is 202 Å². The van der Waals surface area contributed by atoms with E-state index >= 15 is 0 Å². The van der Waals surface area contributed by atoms with Crippen LogP contribution in [0.15, 0.2) is 42.6 Å². The van der Waals surface area contributed by atoms with Crippen LogP contribution in [0.5, 0.6) is 5.75 Å². The maximum Gasteiger partial charge on any atom is 0.255 e. The van der Waals surface area contributed by atoms with Gasteiger partial charge in [-0.15, -0.1) is 0 Å². The van der Waals surface area contributed by atoms with Gasteiger partial charge in [-0.1, -0.05) is 18.0 Å². The normalized spacial score (nSPS) is 16.4. The van der Waals surface area contributed by atoms with E-state index in [1.807, 2.05) is 0 Å². The molecule has 0 bridgehead atoms. The minimum absolute atomic E-state index is 0.00925. The lowest BCUT2D eigenvalue weighted by molar-refractivity contribution is 0.102. The molecule has 6 nitrogen and oxygen atoms in total. The summed E-state index contributed by atoms with van der Waals surface area (Å²) in [7, 11) is 1.77. The molecule has 0 aliphatic carbocycles. The number of halogens is 3. The molecule has 3 aromatic rings. The van der Waals surface area contributed by atoms with Gasteiger partial charge in [0.1, 0.15) is 12.4 Å². The molecule has 1 aliphatic rings. The average molecular weight is 489 g/mol. The van der Waals surface area contributed by atoms with Crippen molar-refractivity contribution < 1.29 is 18.3 Å². The number of anilines is 1. The van der Waals surface area contributed by atoms with Crippen molar-refractivity contribution in [2.45, 2.75) is 32.2 Å². The number of carbonyl (C=O) groups excluding carboxylic acids is 1. The molecule has 2 heterocycles. The summed E-state index contributed by atoms with van der Waals surface area (Å²) in [5, 5.41) is 7.38. The maximum atomic E-state index is 13.5. The topological polar surface area (TPSA) is 59.4 Å². The lowest BCUT2D eigenvalue weighted by Crippen LogP contribution is -2.39. The lowest BCUT2D eigenvalue weighted by atomic mass is 10.0. The van der Waals surface area contributed by atoms with Gasteiger partial charge in [-0.25, -0.2) is 8.78 Å². The SMILES string of the molecule is CC1CCCCN1CCOc1ccc(NC(=O)c2ccc(F)c(F)c2)cc1-c1c(Cl)cnn1C. The summed E-state index contributed by atoms with van der Waals surface area (Å²) in [6, 6.07) is 8.75. The van der Waals surface area contributed by atoms with Gasteiger partial charge < -0.3 is 10.1 Å². The van der Waals surface area contributed by atoms with Gasteiger partial charge in [0, 0.05) is 36.4 Å². The number of likely N-dealkylation sites (tertiary alicyclic amines) is 1. The van der Waals surface area contributed by atoms with Gasteiger partial charge >= 0.3 is 0 Å². The van der Waals surface area contributed by atoms with E-state index in [2.05, 4.69) is 22.2 Å². The second-order valence-corrected chi connectivity index (χ2v) is 8.90. The third-order valence-corrected chi connectivity index (χ3v) is 6.42. The Morgan fingerprint density at radius 2 is 2.03 bits per heavy atom. The van der Waals surface area contributed by atoms with Crippen molar-refractivity contribution in [3.8, 4) is 17.0 Å². The molecule has 34 heavy (non-hydrogen) atoms. The van der Waals surface area contributed by atoms with Crippen molar-refractivity contribution in [3.63, 3.8) is 0 Å². The predicted octanol–water partition coefficient (Wildman–Crippen LogP) is 5.52. The summed E-state index contributed by atoms with van der Waals surface area (Å²) in [6.07, 6.45) is 5.21. The Morgan fingerprint density at radius 3 is 2.74 bits per heavy atom. The molecule has 4 rings (SSSR count). The van der Waals surface area contributed by atoms with E-state index in [0.717, 1.165) is 25.2 Å². The molecule has 2 aromatic carbocycles. The van der Waals surface area contributed by atoms with Crippen LogP contribution < -0.4 is 10.1 Å². The largest absolute Gasteiger partial charge is 0.492 e. The first-order valence-electron chi connectivity index (χ1n) is 11.3. The number of piperidine rings is 1. The van der Waals surface area contributed by atoms with Crippen LogP contribution in [0.3, 0.4) is 0 Å². The highest BCUT2D eigenvalue weighted by Crippen LogP contribution is 2.36. The van der Waals surface area contributed by atoms with E-state index in [1.165, 1.54) is 25.3 Å². The number of aromatic nitrogens is 2. The number of benzene rings is 2. The Balaban J connectivity index is 1.55. The Hall–Kier alpha value is -2.97. The smallest absolute Gasteiger partial charge is 0.255 e. The molecule has 1 N–H and O–H groups in total. The van der Waals surface area contributed by atoms with Crippen molar-refractivity contribution in [1.29, 1.82) is 0 Å². The minimum Gasteiger partial charge on any atom is -0.492 e. The predicted molar refractivity (Wildman–Crippen MR) is 128 cm³/mol. The fraction of sp³-hybridized carbons (Fsp3) is 0.360. The lowest BCUT2D eigenvalue weighted by Gasteiger charge is -2.33. The van der Waals surface area contributed by atoms with Crippen molar-refractivity contribution in [2.24, 2.45) is 7.05 Å². The number of hydrogen-bond acceptors (Lipinski definition) is 4. The van der Waals surface area contributed by atoms with Gasteiger partial charge in [-0.2, -0.15) is 5.10 Å². The molecule has 180 valence electrons. The van der Waals surface area contributed by atoms with Crippen LogP contribution in [0.1, 0.15) is 36.5 Å². The van der Waals surface area contributed by atoms with Gasteiger partial charge in [-0.3, -0.25) is 14.4 Å². The fourth-order valence-corrected chi connectivity index (χ4v) is 4.50. The number of rotatable bonds is 7. The molecular weight excluding hydrogens is 462 g/mol. The number of aryl methyl sites for hydroxylation is 1. The first-order chi connectivity index (χ1) is 16.3. The van der Waals surface area contributed by atoms with Crippen LogP contribution in [0.2, 0.25) is 5.02 Å². The highest BCUT2D eigenvalue weighted by Gasteiger charge is 2.20. The van der Waals surface area contributed by atoms with E-state index in [0.29, 0.717) is 40.4 Å². The molecule has 0 radical (unpaired) electrons. The summed E-state index contributed by atoms with van der Waals surface area (Å²) < 4.78 is 34.6. The summed E-state index contributed by atoms with van der Waals surface area (Å²) in [6.45, 7) is 4.63. The zero-order valence-electron chi connectivity index (χ0n) is 19.2. The van der Waals surface area contributed by atoms with Crippen molar-refractivity contribution in [2.75, 3.05) is 25.0 Å². The zero-order valence-corrected chi connectivity index (χ0v) is 19.9. The second-order valence-electron chi connectivity index (χ2n) is 8.49. The monoisotopic (exact) mass is 488 g/mol. The molecule has 1 atom stereocenters. The van der Waals surface area contributed by atoms with E-state index in [4.69, 9.17) is 16.3 Å². The van der Waals surface area contributed by atoms with Crippen molar-refractivity contribution in [3.05, 3.63) is 64.8 Å². The summed E-state index contributed by atoms with van der Waals surface area (Å²) in [5.74, 6) is -2.04. The maximum absolute atomic E-state index is 13.5. The van der Waals surface area contributed by atoms with Crippen LogP contribution in [-0.4, -0.2) is 46.3 Å². The Morgan fingerprint density at radius 1 is 1.21 bits per heavy atom. The van der Waals surface area contributed by atoms with Gasteiger partial charge in [-0.05, 0) is 62.7 Å². The Kier molecular flexibility index (Phi) is 7.48. The van der Waals surface area contributed by atoms with Gasteiger partial charge in [0.05, 0.1) is 16.9 Å². The number of ether oxygens (including phenoxy) is 1. The number of nitrogens with one attached hydrogen (secondary N) is 1. The quantitative estimate of drug-likeness (QED) is 0.475. The van der Waals surface area contributed by atoms with Gasteiger partial charge in [0.2, 0.25) is 0 Å². The zero-order chi connectivity index (χ0) is 24.2. The highest BCUT2D eigenvalue weighted by atomic mass is 35.5. The van der Waals surface area contributed by atoms with Crippen LogP contribution in [0.25, 0.3) is 11.3 Å². The molecule has 0 spiro atoms. The van der Waals surface area contributed by atoms with Crippen LogP contribution in [-0.2, 0) is 7.05 Å². The first-order valence-corrected chi connectivity index (χ1v) is 11.7. The molecule has 1 saturated heterocycles. The number of hydrogen-bond donors (Lipinski definition) is 1. The van der Waals surface area contributed by atoms with Crippen LogP contribution >= 0.6 is 11.6 Å². The number of carbonyl (C=O) groups is 1. The van der Waals surface area contributed by atoms with Crippen LogP contribution in [0.4, 0.5) is 14.5 Å². The van der Waals surface area contributed by atoms with E-state index in [-0.39, 0.29) is 5.56 Å². The molecule has 1 aromatic heterocycles. The molecule has 0 saturated carbocycles. The second kappa shape index (κ2) is 10.5. The third-order valence-electron chi connectivity index (χ3n) is 6.15. The van der Waals surface area contributed by atoms with Crippen LogP contribution in [0, 0.1) is 11.6 Å². The molecule has 1 unspecified atom stereocenters. The van der Waals surface area contributed by atoms with Crippen molar-refractivity contribution in [1.82, 2.24) is 14.7 Å². The third kappa shape index (κ3) is 5.39. The minimum atomic E-state index is -1.08. The average Bonchev–Trinajstić information content (AvgIpc) is 3.15. The summed E-state index contributed by atoms with van der Waals surface area (Å²) >= 11 is 6.40. The summed E-state index contributed by atoms with van der Waals surface area (Å²) in [4.78, 5) is 15.0. The Bertz CT molecular complexity index is 1160. The molecule has 1 amide bonds. The molecule has 9 heteroatoms. The number of nitrogens with zero attached hydrogens (tertiary/aromatic N) is 3. The first kappa shape index (κ1) is 24.2. The van der Waals surface area contributed by atoms with Gasteiger partial charge in [0.15, 0.2) is 11.6 Å².